The maximum Gasteiger partial charge on any atom is 0.163 e. The van der Waals surface area contributed by atoms with Crippen LogP contribution >= 0.6 is 0 Å². The van der Waals surface area contributed by atoms with Crippen molar-refractivity contribution in [1.82, 2.24) is 9.55 Å². The molecule has 1 heterocycles. The summed E-state index contributed by atoms with van der Waals surface area (Å²) in [5, 5.41) is 9.01. The highest BCUT2D eigenvalue weighted by Crippen LogP contribution is 2.32. The number of rotatable bonds is 6. The second-order valence-electron chi connectivity index (χ2n) is 4.31. The average Bonchev–Trinajstić information content (AvgIpc) is 2.80. The Balaban J connectivity index is 2.57. The molecule has 104 valence electrons. The van der Waals surface area contributed by atoms with Gasteiger partial charge in [0.15, 0.2) is 11.5 Å². The molecule has 0 saturated carbocycles. The lowest BCUT2D eigenvalue weighted by Gasteiger charge is -2.09. The first kappa shape index (κ1) is 13.7. The summed E-state index contributed by atoms with van der Waals surface area (Å²) in [7, 11) is 3.24. The van der Waals surface area contributed by atoms with Crippen molar-refractivity contribution in [2.45, 2.75) is 26.3 Å². The smallest absolute Gasteiger partial charge is 0.163 e. The zero-order valence-electron chi connectivity index (χ0n) is 11.6. The first-order valence-electron chi connectivity index (χ1n) is 6.47. The Morgan fingerprint density at radius 1 is 1.21 bits per heavy atom. The standard InChI is InChI=1S/C14H20N2O3/c1-4-14-15-10-8-12(18-2)13(19-3)9-11(10)16(14)6-5-7-17/h8-9,17H,4-7H2,1-3H3. The molecule has 0 saturated heterocycles. The number of fused-ring (bicyclic) bond motifs is 1. The zero-order chi connectivity index (χ0) is 13.8. The predicted octanol–water partition coefficient (Wildman–Crippen LogP) is 2.00. The normalized spacial score (nSPS) is 10.9. The third-order valence-electron chi connectivity index (χ3n) is 3.19. The highest BCUT2D eigenvalue weighted by molar-refractivity contribution is 5.80. The number of aliphatic hydroxyl groups excluding tert-OH is 1. The molecule has 0 aliphatic heterocycles. The van der Waals surface area contributed by atoms with Crippen molar-refractivity contribution >= 4 is 11.0 Å². The van der Waals surface area contributed by atoms with Crippen LogP contribution in [0.1, 0.15) is 19.2 Å². The molecule has 0 atom stereocenters. The zero-order valence-corrected chi connectivity index (χ0v) is 11.6. The van der Waals surface area contributed by atoms with Gasteiger partial charge in [-0.05, 0) is 6.42 Å². The Kier molecular flexibility index (Phi) is 4.27. The highest BCUT2D eigenvalue weighted by Gasteiger charge is 2.13. The van der Waals surface area contributed by atoms with Crippen molar-refractivity contribution in [3.8, 4) is 11.5 Å². The van der Waals surface area contributed by atoms with Crippen LogP contribution in [0.4, 0.5) is 0 Å². The number of aliphatic hydroxyl groups is 1. The maximum atomic E-state index is 9.01. The minimum absolute atomic E-state index is 0.177. The summed E-state index contributed by atoms with van der Waals surface area (Å²) in [6.45, 7) is 3.01. The third-order valence-corrected chi connectivity index (χ3v) is 3.19. The van der Waals surface area contributed by atoms with E-state index in [1.54, 1.807) is 14.2 Å². The summed E-state index contributed by atoms with van der Waals surface area (Å²) in [5.74, 6) is 2.39. The van der Waals surface area contributed by atoms with Gasteiger partial charge in [-0.25, -0.2) is 4.98 Å². The monoisotopic (exact) mass is 264 g/mol. The lowest BCUT2D eigenvalue weighted by Crippen LogP contribution is -2.04. The molecule has 0 spiro atoms. The number of aromatic nitrogens is 2. The van der Waals surface area contributed by atoms with Crippen molar-refractivity contribution in [2.75, 3.05) is 20.8 Å². The molecule has 2 rings (SSSR count). The van der Waals surface area contributed by atoms with E-state index in [-0.39, 0.29) is 6.61 Å². The number of aryl methyl sites for hydroxylation is 2. The largest absolute Gasteiger partial charge is 0.493 e. The van der Waals surface area contributed by atoms with Gasteiger partial charge < -0.3 is 19.1 Å². The van der Waals surface area contributed by atoms with E-state index in [0.717, 1.165) is 29.8 Å². The van der Waals surface area contributed by atoms with Crippen molar-refractivity contribution < 1.29 is 14.6 Å². The van der Waals surface area contributed by atoms with Crippen LogP contribution < -0.4 is 9.47 Å². The van der Waals surface area contributed by atoms with Crippen molar-refractivity contribution in [3.05, 3.63) is 18.0 Å². The van der Waals surface area contributed by atoms with Gasteiger partial charge in [0.25, 0.3) is 0 Å². The van der Waals surface area contributed by atoms with Crippen molar-refractivity contribution in [2.24, 2.45) is 0 Å². The summed E-state index contributed by atoms with van der Waals surface area (Å²) in [6, 6.07) is 3.83. The fourth-order valence-corrected chi connectivity index (χ4v) is 2.25. The molecule has 19 heavy (non-hydrogen) atoms. The van der Waals surface area contributed by atoms with Crippen LogP contribution in [0, 0.1) is 0 Å². The summed E-state index contributed by atoms with van der Waals surface area (Å²) >= 11 is 0. The number of nitrogens with zero attached hydrogens (tertiary/aromatic N) is 2. The van der Waals surface area contributed by atoms with Gasteiger partial charge in [-0.1, -0.05) is 6.92 Å². The Morgan fingerprint density at radius 3 is 2.47 bits per heavy atom. The van der Waals surface area contributed by atoms with E-state index >= 15 is 0 Å². The minimum atomic E-state index is 0.177. The summed E-state index contributed by atoms with van der Waals surface area (Å²) in [6.07, 6.45) is 1.57. The number of hydrogen-bond donors (Lipinski definition) is 1. The van der Waals surface area contributed by atoms with Crippen LogP contribution in [0.25, 0.3) is 11.0 Å². The molecule has 1 aromatic heterocycles. The van der Waals surface area contributed by atoms with E-state index in [1.165, 1.54) is 0 Å². The summed E-state index contributed by atoms with van der Waals surface area (Å²) in [4.78, 5) is 4.61. The molecule has 2 aromatic rings. The van der Waals surface area contributed by atoms with Gasteiger partial charge in [-0.3, -0.25) is 0 Å². The number of methoxy groups -OCH3 is 2. The fourth-order valence-electron chi connectivity index (χ4n) is 2.25. The lowest BCUT2D eigenvalue weighted by molar-refractivity contribution is 0.280. The Labute approximate surface area is 112 Å². The molecule has 5 heteroatoms. The average molecular weight is 264 g/mol. The molecule has 0 fully saturated rings. The SMILES string of the molecule is CCc1nc2cc(OC)c(OC)cc2n1CCCO. The van der Waals surface area contributed by atoms with E-state index in [2.05, 4.69) is 16.5 Å². The van der Waals surface area contributed by atoms with Crippen LogP contribution in [0.15, 0.2) is 12.1 Å². The quantitative estimate of drug-likeness (QED) is 0.867. The molecule has 0 radical (unpaired) electrons. The van der Waals surface area contributed by atoms with Gasteiger partial charge in [0.2, 0.25) is 0 Å². The molecule has 0 amide bonds. The Morgan fingerprint density at radius 2 is 1.89 bits per heavy atom. The molecular weight excluding hydrogens is 244 g/mol. The van der Waals surface area contributed by atoms with Crippen LogP contribution in [0.5, 0.6) is 11.5 Å². The summed E-state index contributed by atoms with van der Waals surface area (Å²) in [5.41, 5.74) is 1.91. The van der Waals surface area contributed by atoms with Gasteiger partial charge in [0.1, 0.15) is 5.82 Å². The van der Waals surface area contributed by atoms with Gasteiger partial charge in [0, 0.05) is 31.7 Å². The van der Waals surface area contributed by atoms with Crippen molar-refractivity contribution in [3.63, 3.8) is 0 Å². The van der Waals surface area contributed by atoms with Gasteiger partial charge in [-0.2, -0.15) is 0 Å². The molecular formula is C14H20N2O3. The summed E-state index contributed by atoms with van der Waals surface area (Å²) < 4.78 is 12.8. The Bertz CT molecular complexity index is 563. The van der Waals surface area contributed by atoms with Crippen LogP contribution in [0.3, 0.4) is 0 Å². The number of imidazole rings is 1. The highest BCUT2D eigenvalue weighted by atomic mass is 16.5. The van der Waals surface area contributed by atoms with Crippen LogP contribution in [0.2, 0.25) is 0 Å². The number of benzene rings is 1. The predicted molar refractivity (Wildman–Crippen MR) is 73.9 cm³/mol. The maximum absolute atomic E-state index is 9.01. The van der Waals surface area contributed by atoms with E-state index in [9.17, 15) is 0 Å². The Hall–Kier alpha value is -1.75. The fraction of sp³-hybridized carbons (Fsp3) is 0.500. The van der Waals surface area contributed by atoms with E-state index in [4.69, 9.17) is 14.6 Å². The molecule has 0 aliphatic rings. The van der Waals surface area contributed by atoms with Crippen molar-refractivity contribution in [1.29, 1.82) is 0 Å². The topological polar surface area (TPSA) is 56.5 Å². The number of ether oxygens (including phenoxy) is 2. The second-order valence-corrected chi connectivity index (χ2v) is 4.31. The molecule has 1 aromatic carbocycles. The first-order chi connectivity index (χ1) is 9.24. The molecule has 0 bridgehead atoms. The van der Waals surface area contributed by atoms with E-state index in [1.807, 2.05) is 12.1 Å². The van der Waals surface area contributed by atoms with E-state index in [0.29, 0.717) is 17.9 Å². The van der Waals surface area contributed by atoms with Gasteiger partial charge in [0.05, 0.1) is 25.3 Å². The molecule has 1 N–H and O–H groups in total. The third kappa shape index (κ3) is 2.51. The van der Waals surface area contributed by atoms with Gasteiger partial charge in [-0.15, -0.1) is 0 Å². The first-order valence-corrected chi connectivity index (χ1v) is 6.47. The molecule has 0 unspecified atom stereocenters. The number of hydrogen-bond acceptors (Lipinski definition) is 4. The van der Waals surface area contributed by atoms with Crippen LogP contribution in [-0.2, 0) is 13.0 Å². The second kappa shape index (κ2) is 5.93. The minimum Gasteiger partial charge on any atom is -0.493 e. The lowest BCUT2D eigenvalue weighted by atomic mass is 10.2. The molecule has 0 aliphatic carbocycles. The van der Waals surface area contributed by atoms with Crippen LogP contribution in [-0.4, -0.2) is 35.5 Å². The van der Waals surface area contributed by atoms with Gasteiger partial charge >= 0.3 is 0 Å². The molecule has 5 nitrogen and oxygen atoms in total. The van der Waals surface area contributed by atoms with E-state index < -0.39 is 0 Å².